The summed E-state index contributed by atoms with van der Waals surface area (Å²) < 4.78 is 24.1. The number of hydrogen-bond acceptors (Lipinski definition) is 12. The molecular weight excluding hydrogens is 883 g/mol. The number of halogens is 2. The molecule has 3 aliphatic rings. The summed E-state index contributed by atoms with van der Waals surface area (Å²) in [6.07, 6.45) is 4.01. The molecule has 5 aromatic rings. The number of ether oxygens (including phenoxy) is 4. The molecule has 14 nitrogen and oxygen atoms in total. The number of carboxylic acids is 1. The van der Waals surface area contributed by atoms with Gasteiger partial charge in [0, 0.05) is 78.3 Å². The van der Waals surface area contributed by atoms with Crippen LogP contribution < -0.4 is 14.2 Å². The number of amides is 1. The maximum atomic E-state index is 12.5. The fourth-order valence-electron chi connectivity index (χ4n) is 8.98. The Morgan fingerprint density at radius 1 is 0.924 bits per heavy atom. The van der Waals surface area contributed by atoms with E-state index in [1.165, 1.54) is 13.1 Å². The Morgan fingerprint density at radius 2 is 1.67 bits per heavy atom. The van der Waals surface area contributed by atoms with Crippen LogP contribution in [0.1, 0.15) is 80.0 Å². The molecule has 2 N–H and O–H groups in total. The number of hydrogen-bond donors (Lipinski definition) is 2. The van der Waals surface area contributed by atoms with E-state index in [0.29, 0.717) is 65.8 Å². The quantitative estimate of drug-likeness (QED) is 0.102. The highest BCUT2D eigenvalue weighted by Gasteiger charge is 2.53. The molecule has 8 rings (SSSR count). The van der Waals surface area contributed by atoms with Gasteiger partial charge in [-0.05, 0) is 88.3 Å². The Hall–Kier alpha value is -5.98. The molecule has 0 unspecified atom stereocenters. The van der Waals surface area contributed by atoms with E-state index in [9.17, 15) is 25.1 Å². The van der Waals surface area contributed by atoms with Crippen molar-refractivity contribution in [2.24, 2.45) is 10.8 Å². The molecule has 0 bridgehead atoms. The number of nitrogens with zero attached hydrogens (tertiary/aromatic N) is 6. The second kappa shape index (κ2) is 18.7. The van der Waals surface area contributed by atoms with Gasteiger partial charge in [0.15, 0.2) is 0 Å². The molecule has 5 heterocycles. The normalized spacial score (nSPS) is 17.2. The van der Waals surface area contributed by atoms with E-state index in [4.69, 9.17) is 52.1 Å². The molecular formula is C50H52Cl2N6O8. The van der Waals surface area contributed by atoms with Crippen molar-refractivity contribution in [2.45, 2.75) is 78.2 Å². The van der Waals surface area contributed by atoms with Crippen molar-refractivity contribution in [2.75, 3.05) is 39.9 Å². The summed E-state index contributed by atoms with van der Waals surface area (Å²) in [6.45, 7) is 10.4. The number of nitriles is 1. The average molecular weight is 936 g/mol. The fourth-order valence-corrected chi connectivity index (χ4v) is 9.52. The number of aryl methyl sites for hydroxylation is 1. The van der Waals surface area contributed by atoms with Crippen LogP contribution in [0, 0.1) is 22.2 Å². The van der Waals surface area contributed by atoms with Crippen molar-refractivity contribution < 1.29 is 38.7 Å². The molecule has 2 saturated heterocycles. The molecule has 3 aromatic heterocycles. The zero-order valence-electron chi connectivity index (χ0n) is 37.6. The van der Waals surface area contributed by atoms with Crippen molar-refractivity contribution in [1.29, 1.82) is 5.26 Å². The highest BCUT2D eigenvalue weighted by atomic mass is 35.5. The maximum absolute atomic E-state index is 12.5. The third-order valence-electron chi connectivity index (χ3n) is 12.5. The van der Waals surface area contributed by atoms with Gasteiger partial charge >= 0.3 is 12.1 Å². The monoisotopic (exact) mass is 934 g/mol. The Kier molecular flexibility index (Phi) is 13.2. The van der Waals surface area contributed by atoms with Gasteiger partial charge < -0.3 is 34.1 Å². The molecule has 0 saturated carbocycles. The highest BCUT2D eigenvalue weighted by Crippen LogP contribution is 2.46. The van der Waals surface area contributed by atoms with Crippen LogP contribution in [0.4, 0.5) is 4.79 Å². The number of likely N-dealkylation sites (tertiary alicyclic amines) is 2. The summed E-state index contributed by atoms with van der Waals surface area (Å²) in [5, 5.41) is 29.8. The SMILES string of the molecule is COc1nc(-c2cccc(-c3cccc4c3CC[C@@H]4Oc3nc(OCc4cncc(C#N)c4)c(CC[C@@](C)(CO)C(=O)O)cc3Cl)c2Cl)ccc1CN1CC2(C1)CN(C(=O)OC(C)(C)C)C2. The lowest BCUT2D eigenvalue weighted by Crippen LogP contribution is -2.72. The molecule has 2 atom stereocenters. The minimum Gasteiger partial charge on any atom is -0.481 e. The van der Waals surface area contributed by atoms with Crippen molar-refractivity contribution in [1.82, 2.24) is 24.8 Å². The van der Waals surface area contributed by atoms with E-state index >= 15 is 0 Å². The van der Waals surface area contributed by atoms with Crippen LogP contribution in [0.5, 0.6) is 17.6 Å². The third kappa shape index (κ3) is 9.76. The molecule has 1 spiro atoms. The van der Waals surface area contributed by atoms with E-state index in [-0.39, 0.29) is 47.7 Å². The molecule has 2 fully saturated rings. The first kappa shape index (κ1) is 46.5. The fraction of sp³-hybridized carbons (Fsp3) is 0.400. The van der Waals surface area contributed by atoms with Crippen LogP contribution in [-0.2, 0) is 35.5 Å². The molecule has 1 aliphatic carbocycles. The smallest absolute Gasteiger partial charge is 0.410 e. The van der Waals surface area contributed by atoms with Gasteiger partial charge in [0.2, 0.25) is 17.6 Å². The minimum absolute atomic E-state index is 0.0276. The molecule has 16 heteroatoms. The van der Waals surface area contributed by atoms with E-state index in [1.807, 2.05) is 63.2 Å². The predicted molar refractivity (Wildman–Crippen MR) is 248 cm³/mol. The van der Waals surface area contributed by atoms with Gasteiger partial charge in [-0.15, -0.1) is 0 Å². The largest absolute Gasteiger partial charge is 0.481 e. The van der Waals surface area contributed by atoms with Crippen LogP contribution in [0.25, 0.3) is 22.4 Å². The summed E-state index contributed by atoms with van der Waals surface area (Å²) in [7, 11) is 1.62. The number of aromatic nitrogens is 3. The molecule has 2 aliphatic heterocycles. The Morgan fingerprint density at radius 3 is 2.38 bits per heavy atom. The van der Waals surface area contributed by atoms with Gasteiger partial charge in [-0.1, -0.05) is 65.7 Å². The lowest BCUT2D eigenvalue weighted by molar-refractivity contribution is -0.150. The Bertz CT molecular complexity index is 2710. The molecule has 2 aromatic carbocycles. The first-order chi connectivity index (χ1) is 31.5. The van der Waals surface area contributed by atoms with Crippen molar-refractivity contribution in [3.8, 4) is 46.1 Å². The number of rotatable bonds is 15. The first-order valence-corrected chi connectivity index (χ1v) is 22.6. The van der Waals surface area contributed by atoms with Gasteiger partial charge in [0.25, 0.3) is 0 Å². The Labute approximate surface area is 394 Å². The number of benzene rings is 2. The van der Waals surface area contributed by atoms with E-state index in [1.54, 1.807) is 30.3 Å². The number of carboxylic acid groups (broad SMARTS) is 1. The lowest BCUT2D eigenvalue weighted by Gasteiger charge is -2.60. The van der Waals surface area contributed by atoms with E-state index in [2.05, 4.69) is 22.0 Å². The first-order valence-electron chi connectivity index (χ1n) is 21.8. The van der Waals surface area contributed by atoms with Crippen LogP contribution in [-0.4, -0.2) is 92.5 Å². The van der Waals surface area contributed by atoms with Gasteiger partial charge in [-0.25, -0.2) is 9.78 Å². The van der Waals surface area contributed by atoms with Crippen LogP contribution in [0.3, 0.4) is 0 Å². The highest BCUT2D eigenvalue weighted by molar-refractivity contribution is 6.36. The predicted octanol–water partition coefficient (Wildman–Crippen LogP) is 9.11. The van der Waals surface area contributed by atoms with Crippen LogP contribution >= 0.6 is 23.2 Å². The lowest BCUT2D eigenvalue weighted by atomic mass is 9.73. The topological polar surface area (TPSA) is 180 Å². The number of carbonyl (C=O) groups excluding carboxylic acids is 1. The van der Waals surface area contributed by atoms with Gasteiger partial charge in [-0.2, -0.15) is 10.2 Å². The second-order valence-corrected chi connectivity index (χ2v) is 19.6. The molecule has 1 amide bonds. The number of carbonyl (C=O) groups is 2. The molecule has 0 radical (unpaired) electrons. The van der Waals surface area contributed by atoms with Gasteiger partial charge in [0.1, 0.15) is 29.4 Å². The van der Waals surface area contributed by atoms with Crippen molar-refractivity contribution in [3.05, 3.63) is 116 Å². The van der Waals surface area contributed by atoms with Crippen LogP contribution in [0.2, 0.25) is 10.0 Å². The maximum Gasteiger partial charge on any atom is 0.410 e. The third-order valence-corrected chi connectivity index (χ3v) is 13.2. The van der Waals surface area contributed by atoms with Crippen LogP contribution in [0.15, 0.2) is 73.1 Å². The minimum atomic E-state index is -1.39. The molecule has 344 valence electrons. The summed E-state index contributed by atoms with van der Waals surface area (Å²) >= 11 is 14.1. The summed E-state index contributed by atoms with van der Waals surface area (Å²) in [6, 6.07) is 21.4. The molecule has 66 heavy (non-hydrogen) atoms. The number of methoxy groups -OCH3 is 1. The number of aliphatic hydroxyl groups excluding tert-OH is 1. The summed E-state index contributed by atoms with van der Waals surface area (Å²) in [4.78, 5) is 42.4. The van der Waals surface area contributed by atoms with E-state index < -0.39 is 29.7 Å². The Balaban J connectivity index is 0.985. The summed E-state index contributed by atoms with van der Waals surface area (Å²) in [5.41, 5.74) is 6.04. The number of aliphatic carboxylic acids is 1. The van der Waals surface area contributed by atoms with E-state index in [0.717, 1.165) is 46.5 Å². The standard InChI is InChI=1S/C50H52Cl2N6O8/c1-48(2,3)66-47(62)58-27-50(28-58)25-57(26-50)23-33-12-14-40(55-43(33)63-5)38-11-7-10-37(42(38)52)34-8-6-9-36-35(34)13-15-41(36)65-45-39(51)19-32(16-17-49(4,29-59)46(60)61)44(56-45)64-24-31-18-30(20-53)21-54-22-31/h6-12,14,18-19,21-22,41,59H,13,15-17,23-29H2,1-5H3,(H,60,61)/t41-,49-/m0/s1. The van der Waals surface area contributed by atoms with Gasteiger partial charge in [-0.3, -0.25) is 14.7 Å². The average Bonchev–Trinajstić information content (AvgIpc) is 3.68. The zero-order valence-corrected chi connectivity index (χ0v) is 39.1. The number of fused-ring (bicyclic) bond motifs is 1. The number of aliphatic hydroxyl groups is 1. The van der Waals surface area contributed by atoms with Gasteiger partial charge in [0.05, 0.1) is 35.4 Å². The number of pyridine rings is 3. The van der Waals surface area contributed by atoms with Crippen molar-refractivity contribution >= 4 is 35.3 Å². The summed E-state index contributed by atoms with van der Waals surface area (Å²) in [5.74, 6) is -0.257. The van der Waals surface area contributed by atoms with Crippen molar-refractivity contribution in [3.63, 3.8) is 0 Å². The zero-order chi connectivity index (χ0) is 47.0. The second-order valence-electron chi connectivity index (χ2n) is 18.8.